The van der Waals surface area contributed by atoms with E-state index in [0.29, 0.717) is 5.69 Å². The smallest absolute Gasteiger partial charge is 0.335 e. The van der Waals surface area contributed by atoms with Gasteiger partial charge in [0.25, 0.3) is 15.9 Å². The number of sulfonamides is 1. The van der Waals surface area contributed by atoms with Gasteiger partial charge >= 0.3 is 6.03 Å². The summed E-state index contributed by atoms with van der Waals surface area (Å²) in [5.41, 5.74) is 0.403. The van der Waals surface area contributed by atoms with Crippen LogP contribution in [0.1, 0.15) is 11.3 Å². The van der Waals surface area contributed by atoms with Gasteiger partial charge in [0.1, 0.15) is 12.2 Å². The number of oxime groups is 1. The van der Waals surface area contributed by atoms with E-state index in [0.717, 1.165) is 4.68 Å². The molecule has 0 fully saturated rings. The van der Waals surface area contributed by atoms with Crippen LogP contribution in [0.15, 0.2) is 16.2 Å². The fourth-order valence-corrected chi connectivity index (χ4v) is 3.87. The third-order valence-electron chi connectivity index (χ3n) is 3.75. The van der Waals surface area contributed by atoms with Crippen molar-refractivity contribution in [2.75, 3.05) is 32.8 Å². The van der Waals surface area contributed by atoms with E-state index in [9.17, 15) is 13.2 Å². The summed E-state index contributed by atoms with van der Waals surface area (Å²) in [5.74, 6) is -0.0591. The van der Waals surface area contributed by atoms with Crippen LogP contribution in [0.4, 0.5) is 10.7 Å². The van der Waals surface area contributed by atoms with Gasteiger partial charge in [-0.15, -0.1) is 0 Å². The number of hydrogen-bond donors (Lipinski definition) is 2. The van der Waals surface area contributed by atoms with Crippen LogP contribution in [0.25, 0.3) is 0 Å². The van der Waals surface area contributed by atoms with Gasteiger partial charge in [-0.2, -0.15) is 23.5 Å². The zero-order valence-electron chi connectivity index (χ0n) is 16.5. The number of anilines is 1. The zero-order chi connectivity index (χ0) is 21.9. The van der Waals surface area contributed by atoms with Crippen LogP contribution in [0.2, 0.25) is 0 Å². The number of hydrogen-bond acceptors (Lipinski definition) is 11. The van der Waals surface area contributed by atoms with Crippen LogP contribution in [-0.2, 0) is 26.6 Å². The van der Waals surface area contributed by atoms with Gasteiger partial charge in [-0.05, 0) is 12.1 Å². The van der Waals surface area contributed by atoms with Gasteiger partial charge in [0.2, 0.25) is 17.7 Å². The molecule has 14 nitrogen and oxygen atoms in total. The molecule has 2 N–H and O–H groups in total. The second-order valence-electron chi connectivity index (χ2n) is 5.80. The minimum atomic E-state index is -4.40. The molecule has 2 aromatic heterocycles. The number of aryl methyl sites for hydroxylation is 2. The Hall–Kier alpha value is -3.62. The molecule has 0 saturated heterocycles. The maximum Gasteiger partial charge on any atom is 0.335 e. The third-order valence-corrected chi connectivity index (χ3v) is 5.18. The highest BCUT2D eigenvalue weighted by Gasteiger charge is 2.32. The maximum absolute atomic E-state index is 12.9. The van der Waals surface area contributed by atoms with E-state index < -0.39 is 16.1 Å². The number of aromatic nitrogens is 4. The number of urea groups is 1. The Morgan fingerprint density at radius 1 is 1.20 bits per heavy atom. The van der Waals surface area contributed by atoms with E-state index in [1.165, 1.54) is 27.3 Å². The van der Waals surface area contributed by atoms with E-state index in [-0.39, 0.29) is 47.4 Å². The van der Waals surface area contributed by atoms with Crippen molar-refractivity contribution in [1.29, 1.82) is 0 Å². The first-order chi connectivity index (χ1) is 14.2. The summed E-state index contributed by atoms with van der Waals surface area (Å²) in [4.78, 5) is 25.1. The lowest BCUT2D eigenvalue weighted by Crippen LogP contribution is -2.36. The second-order valence-corrected chi connectivity index (χ2v) is 7.40. The Bertz CT molecular complexity index is 1070. The predicted octanol–water partition coefficient (Wildman–Crippen LogP) is -0.245. The predicted molar refractivity (Wildman–Crippen MR) is 101 cm³/mol. The number of carbonyl (C=O) groups is 1. The number of amides is 2. The molecule has 0 aliphatic carbocycles. The number of methoxy groups -OCH3 is 2. The third kappa shape index (κ3) is 4.35. The van der Waals surface area contributed by atoms with E-state index in [1.54, 1.807) is 6.92 Å². The Balaban J connectivity index is 1.87. The monoisotopic (exact) mass is 441 g/mol. The Labute approximate surface area is 171 Å². The normalized spacial score (nSPS) is 13.5. The van der Waals surface area contributed by atoms with Crippen molar-refractivity contribution in [3.8, 4) is 11.8 Å². The first-order valence-electron chi connectivity index (χ1n) is 8.42. The summed E-state index contributed by atoms with van der Waals surface area (Å²) < 4.78 is 44.1. The molecule has 15 heteroatoms. The number of ether oxygens (including phenoxy) is 3. The van der Waals surface area contributed by atoms with Crippen molar-refractivity contribution in [3.05, 3.63) is 17.3 Å². The van der Waals surface area contributed by atoms with Gasteiger partial charge in [-0.25, -0.2) is 9.52 Å². The van der Waals surface area contributed by atoms with Gasteiger partial charge in [0.15, 0.2) is 11.6 Å². The summed E-state index contributed by atoms with van der Waals surface area (Å²) >= 11 is 0. The Morgan fingerprint density at radius 2 is 1.87 bits per heavy atom. The molecular formula is C15H19N7O7S. The summed E-state index contributed by atoms with van der Waals surface area (Å²) in [6.07, 6.45) is 0. The summed E-state index contributed by atoms with van der Waals surface area (Å²) in [6, 6.07) is 0.273. The van der Waals surface area contributed by atoms with Crippen LogP contribution >= 0.6 is 0 Å². The second kappa shape index (κ2) is 8.40. The van der Waals surface area contributed by atoms with Gasteiger partial charge in [-0.3, -0.25) is 10.00 Å². The minimum Gasteiger partial charge on any atom is -0.481 e. The summed E-state index contributed by atoms with van der Waals surface area (Å²) in [5, 5.41) is 9.70. The Morgan fingerprint density at radius 3 is 2.43 bits per heavy atom. The molecule has 162 valence electrons. The maximum atomic E-state index is 12.9. The quantitative estimate of drug-likeness (QED) is 0.610. The summed E-state index contributed by atoms with van der Waals surface area (Å²) in [6.45, 7) is 2.00. The van der Waals surface area contributed by atoms with Crippen molar-refractivity contribution in [2.45, 2.75) is 11.9 Å². The number of nitrogens with zero attached hydrogens (tertiary/aromatic N) is 5. The highest BCUT2D eigenvalue weighted by atomic mass is 32.2. The molecule has 1 aliphatic rings. The first-order valence-corrected chi connectivity index (χ1v) is 9.91. The van der Waals surface area contributed by atoms with E-state index in [2.05, 4.69) is 25.5 Å². The van der Waals surface area contributed by atoms with Crippen LogP contribution in [0.3, 0.4) is 0 Å². The molecule has 0 saturated carbocycles. The topological polar surface area (TPSA) is 168 Å². The molecule has 2 aromatic rings. The lowest BCUT2D eigenvalue weighted by Gasteiger charge is -2.15. The molecule has 0 radical (unpaired) electrons. The minimum absolute atomic E-state index is 0.0477. The molecule has 2 amide bonds. The van der Waals surface area contributed by atoms with Gasteiger partial charge in [0, 0.05) is 7.05 Å². The van der Waals surface area contributed by atoms with E-state index in [4.69, 9.17) is 19.0 Å². The fourth-order valence-electron chi connectivity index (χ4n) is 2.58. The average Bonchev–Trinajstić information content (AvgIpc) is 3.02. The van der Waals surface area contributed by atoms with Crippen LogP contribution in [0.5, 0.6) is 11.8 Å². The highest BCUT2D eigenvalue weighted by molar-refractivity contribution is 7.90. The number of carbonyl (C=O) groups excluding carboxylic acids is 1. The Kier molecular flexibility index (Phi) is 5.91. The molecule has 0 bridgehead atoms. The average molecular weight is 441 g/mol. The number of rotatable bonds is 6. The first kappa shape index (κ1) is 21.1. The molecule has 3 heterocycles. The van der Waals surface area contributed by atoms with Crippen molar-refractivity contribution in [1.82, 2.24) is 24.5 Å². The zero-order valence-corrected chi connectivity index (χ0v) is 17.3. The molecule has 30 heavy (non-hydrogen) atoms. The molecular weight excluding hydrogens is 422 g/mol. The highest BCUT2D eigenvalue weighted by Crippen LogP contribution is 2.22. The molecule has 0 unspecified atom stereocenters. The van der Waals surface area contributed by atoms with E-state index in [1.807, 2.05) is 4.72 Å². The molecule has 3 rings (SSSR count). The molecule has 0 spiro atoms. The lowest BCUT2D eigenvalue weighted by molar-refractivity contribution is 0.0653. The lowest BCUT2D eigenvalue weighted by atomic mass is 10.2. The van der Waals surface area contributed by atoms with Crippen molar-refractivity contribution >= 4 is 27.9 Å². The summed E-state index contributed by atoms with van der Waals surface area (Å²) in [7, 11) is -0.264. The fraction of sp³-hybridized carbons (Fsp3) is 0.400. The standard InChI is InChI=1S/C15H19N7O7S/c1-8-11(12-20-29-6-5-28-12)13(22(2)19-8)30(24,25)21-15(23)18-14-16-9(26-3)7-10(17-14)27-4/h7H,5-6H2,1-4H3,(H2,16,17,18,21,23). The van der Waals surface area contributed by atoms with Crippen molar-refractivity contribution in [2.24, 2.45) is 12.2 Å². The van der Waals surface area contributed by atoms with E-state index >= 15 is 0 Å². The van der Waals surface area contributed by atoms with Crippen LogP contribution in [0, 0.1) is 6.92 Å². The van der Waals surface area contributed by atoms with Crippen LogP contribution < -0.4 is 19.5 Å². The van der Waals surface area contributed by atoms with Gasteiger partial charge in [0.05, 0.1) is 26.0 Å². The molecule has 0 atom stereocenters. The SMILES string of the molecule is COc1cc(OC)nc(NC(=O)NS(=O)(=O)c2c(C3=NOCCO3)c(C)nn2C)n1. The largest absolute Gasteiger partial charge is 0.481 e. The van der Waals surface area contributed by atoms with Gasteiger partial charge in [-0.1, -0.05) is 0 Å². The van der Waals surface area contributed by atoms with Crippen molar-refractivity contribution in [3.63, 3.8) is 0 Å². The molecule has 0 aromatic carbocycles. The van der Waals surface area contributed by atoms with Crippen molar-refractivity contribution < 1.29 is 32.3 Å². The van der Waals surface area contributed by atoms with Crippen LogP contribution in [-0.4, -0.2) is 67.5 Å². The van der Waals surface area contributed by atoms with Gasteiger partial charge < -0.3 is 19.0 Å². The molecule has 1 aliphatic heterocycles. The number of nitrogens with one attached hydrogen (secondary N) is 2.